The summed E-state index contributed by atoms with van der Waals surface area (Å²) in [5.74, 6) is -1.02. The Morgan fingerprint density at radius 3 is 2.79 bits per heavy atom. The highest BCUT2D eigenvalue weighted by Crippen LogP contribution is 2.13. The van der Waals surface area contributed by atoms with Gasteiger partial charge in [0.25, 0.3) is 0 Å². The second-order valence-corrected chi connectivity index (χ2v) is 6.53. The fourth-order valence-electron chi connectivity index (χ4n) is 1.63. The lowest BCUT2D eigenvalue weighted by Crippen LogP contribution is -2.15. The van der Waals surface area contributed by atoms with Gasteiger partial charge >= 0.3 is 5.97 Å². The molecular formula is C11H13N3O4S. The van der Waals surface area contributed by atoms with E-state index in [4.69, 9.17) is 5.11 Å². The lowest BCUT2D eigenvalue weighted by atomic mass is 10.2. The number of carbonyl (C=O) groups is 1. The van der Waals surface area contributed by atoms with Crippen LogP contribution in [0.25, 0.3) is 11.0 Å². The molecule has 0 fully saturated rings. The molecular weight excluding hydrogens is 270 g/mol. The van der Waals surface area contributed by atoms with Gasteiger partial charge in [0.1, 0.15) is 5.52 Å². The molecule has 0 aliphatic carbocycles. The first-order valence-corrected chi connectivity index (χ1v) is 7.52. The van der Waals surface area contributed by atoms with Gasteiger partial charge < -0.3 is 5.11 Å². The molecule has 0 unspecified atom stereocenters. The zero-order chi connectivity index (χ0) is 14.0. The maximum absolute atomic E-state index is 11.5. The molecule has 0 spiro atoms. The molecule has 0 saturated carbocycles. The molecule has 19 heavy (non-hydrogen) atoms. The summed E-state index contributed by atoms with van der Waals surface area (Å²) in [7, 11) is -3.10. The maximum atomic E-state index is 11.5. The molecule has 1 N–H and O–H groups in total. The molecule has 0 atom stereocenters. The molecule has 2 rings (SSSR count). The number of hydrogen-bond donors (Lipinski definition) is 1. The predicted molar refractivity (Wildman–Crippen MR) is 68.8 cm³/mol. The van der Waals surface area contributed by atoms with Gasteiger partial charge in [-0.15, -0.1) is 5.10 Å². The Morgan fingerprint density at radius 2 is 2.16 bits per heavy atom. The van der Waals surface area contributed by atoms with Crippen LogP contribution in [-0.2, 0) is 16.4 Å². The SMILES string of the molecule is CCS(=O)(=O)CCn1nnc2ccc(C(=O)O)cc21. The van der Waals surface area contributed by atoms with Crippen molar-refractivity contribution in [3.63, 3.8) is 0 Å². The van der Waals surface area contributed by atoms with Crippen molar-refractivity contribution in [2.75, 3.05) is 11.5 Å². The average molecular weight is 283 g/mol. The van der Waals surface area contributed by atoms with Crippen LogP contribution < -0.4 is 0 Å². The number of aromatic carboxylic acids is 1. The first-order valence-electron chi connectivity index (χ1n) is 5.70. The molecule has 8 heteroatoms. The Kier molecular flexibility index (Phi) is 3.52. The van der Waals surface area contributed by atoms with Gasteiger partial charge in [-0.3, -0.25) is 0 Å². The summed E-state index contributed by atoms with van der Waals surface area (Å²) < 4.78 is 24.3. The van der Waals surface area contributed by atoms with Gasteiger partial charge in [-0.1, -0.05) is 12.1 Å². The maximum Gasteiger partial charge on any atom is 0.335 e. The van der Waals surface area contributed by atoms with Crippen LogP contribution in [0.1, 0.15) is 17.3 Å². The van der Waals surface area contributed by atoms with Crippen molar-refractivity contribution >= 4 is 26.8 Å². The standard InChI is InChI=1S/C11H13N3O4S/c1-2-19(17,18)6-5-14-10-7-8(11(15)16)3-4-9(10)12-13-14/h3-4,7H,2,5-6H2,1H3,(H,15,16). The lowest BCUT2D eigenvalue weighted by Gasteiger charge is -2.03. The number of carboxylic acids is 1. The van der Waals surface area contributed by atoms with Crippen LogP contribution in [0.5, 0.6) is 0 Å². The minimum Gasteiger partial charge on any atom is -0.478 e. The Morgan fingerprint density at radius 1 is 1.42 bits per heavy atom. The second kappa shape index (κ2) is 4.96. The molecule has 1 heterocycles. The van der Waals surface area contributed by atoms with E-state index in [2.05, 4.69) is 10.3 Å². The third-order valence-electron chi connectivity index (χ3n) is 2.81. The Hall–Kier alpha value is -1.96. The van der Waals surface area contributed by atoms with Crippen molar-refractivity contribution in [1.82, 2.24) is 15.0 Å². The van der Waals surface area contributed by atoms with Gasteiger partial charge in [-0.25, -0.2) is 17.9 Å². The van der Waals surface area contributed by atoms with E-state index in [1.165, 1.54) is 16.8 Å². The normalized spacial score (nSPS) is 11.8. The molecule has 7 nitrogen and oxygen atoms in total. The van der Waals surface area contributed by atoms with E-state index in [1.807, 2.05) is 0 Å². The lowest BCUT2D eigenvalue weighted by molar-refractivity contribution is 0.0697. The van der Waals surface area contributed by atoms with Crippen molar-refractivity contribution in [2.24, 2.45) is 0 Å². The number of nitrogens with zero attached hydrogens (tertiary/aromatic N) is 3. The highest BCUT2D eigenvalue weighted by Gasteiger charge is 2.12. The molecule has 0 bridgehead atoms. The average Bonchev–Trinajstić information content (AvgIpc) is 2.78. The second-order valence-electron chi connectivity index (χ2n) is 4.06. The van der Waals surface area contributed by atoms with Gasteiger partial charge in [0.05, 0.1) is 23.4 Å². The zero-order valence-electron chi connectivity index (χ0n) is 10.3. The number of rotatable bonds is 5. The van der Waals surface area contributed by atoms with Crippen molar-refractivity contribution in [1.29, 1.82) is 0 Å². The molecule has 0 aliphatic heterocycles. The highest BCUT2D eigenvalue weighted by atomic mass is 32.2. The number of aryl methyl sites for hydroxylation is 1. The van der Waals surface area contributed by atoms with Gasteiger partial charge in [0, 0.05) is 5.75 Å². The fraction of sp³-hybridized carbons (Fsp3) is 0.364. The van der Waals surface area contributed by atoms with E-state index in [-0.39, 0.29) is 23.6 Å². The number of hydrogen-bond acceptors (Lipinski definition) is 5. The quantitative estimate of drug-likeness (QED) is 0.860. The highest BCUT2D eigenvalue weighted by molar-refractivity contribution is 7.91. The summed E-state index contributed by atoms with van der Waals surface area (Å²) in [6, 6.07) is 4.43. The minimum atomic E-state index is -3.10. The Balaban J connectivity index is 2.33. The summed E-state index contributed by atoms with van der Waals surface area (Å²) >= 11 is 0. The number of carboxylic acid groups (broad SMARTS) is 1. The topological polar surface area (TPSA) is 102 Å². The van der Waals surface area contributed by atoms with Gasteiger partial charge in [-0.2, -0.15) is 0 Å². The van der Waals surface area contributed by atoms with Crippen molar-refractivity contribution in [2.45, 2.75) is 13.5 Å². The van der Waals surface area contributed by atoms with E-state index in [0.717, 1.165) is 0 Å². The number of benzene rings is 1. The van der Waals surface area contributed by atoms with Crippen LogP contribution in [0.4, 0.5) is 0 Å². The van der Waals surface area contributed by atoms with E-state index in [0.29, 0.717) is 11.0 Å². The van der Waals surface area contributed by atoms with Crippen LogP contribution in [0.2, 0.25) is 0 Å². The molecule has 2 aromatic rings. The van der Waals surface area contributed by atoms with Gasteiger partial charge in [0.15, 0.2) is 9.84 Å². The fourth-order valence-corrected chi connectivity index (χ4v) is 2.37. The summed E-state index contributed by atoms with van der Waals surface area (Å²) in [5.41, 5.74) is 1.18. The van der Waals surface area contributed by atoms with Crippen LogP contribution >= 0.6 is 0 Å². The number of sulfone groups is 1. The smallest absolute Gasteiger partial charge is 0.335 e. The summed E-state index contributed by atoms with van der Waals surface area (Å²) in [6.07, 6.45) is 0. The van der Waals surface area contributed by atoms with Crippen molar-refractivity contribution < 1.29 is 18.3 Å². The molecule has 0 radical (unpaired) electrons. The predicted octanol–water partition coefficient (Wildman–Crippen LogP) is 0.564. The van der Waals surface area contributed by atoms with E-state index >= 15 is 0 Å². The summed E-state index contributed by atoms with van der Waals surface area (Å²) in [6.45, 7) is 1.74. The third-order valence-corrected chi connectivity index (χ3v) is 4.50. The Labute approximate surface area is 109 Å². The van der Waals surface area contributed by atoms with Crippen LogP contribution in [-0.4, -0.2) is 46.0 Å². The summed E-state index contributed by atoms with van der Waals surface area (Å²) in [4.78, 5) is 10.9. The molecule has 0 aliphatic rings. The third kappa shape index (κ3) is 2.90. The molecule has 1 aromatic heterocycles. The van der Waals surface area contributed by atoms with Crippen molar-refractivity contribution in [3.05, 3.63) is 23.8 Å². The summed E-state index contributed by atoms with van der Waals surface area (Å²) in [5, 5.41) is 16.6. The molecule has 102 valence electrons. The number of fused-ring (bicyclic) bond motifs is 1. The minimum absolute atomic E-state index is 0.0424. The first kappa shape index (κ1) is 13.5. The van der Waals surface area contributed by atoms with E-state index in [9.17, 15) is 13.2 Å². The van der Waals surface area contributed by atoms with E-state index < -0.39 is 15.8 Å². The number of aromatic nitrogens is 3. The zero-order valence-corrected chi connectivity index (χ0v) is 11.1. The van der Waals surface area contributed by atoms with Crippen LogP contribution in [0.15, 0.2) is 18.2 Å². The largest absolute Gasteiger partial charge is 0.478 e. The monoisotopic (exact) mass is 283 g/mol. The van der Waals surface area contributed by atoms with Gasteiger partial charge in [0.2, 0.25) is 0 Å². The molecule has 0 amide bonds. The van der Waals surface area contributed by atoms with Crippen LogP contribution in [0.3, 0.4) is 0 Å². The Bertz CT molecular complexity index is 721. The molecule has 0 saturated heterocycles. The van der Waals surface area contributed by atoms with Gasteiger partial charge in [-0.05, 0) is 18.2 Å². The van der Waals surface area contributed by atoms with Crippen LogP contribution in [0, 0.1) is 0 Å². The molecule has 1 aromatic carbocycles. The van der Waals surface area contributed by atoms with E-state index in [1.54, 1.807) is 13.0 Å². The van der Waals surface area contributed by atoms with Crippen molar-refractivity contribution in [3.8, 4) is 0 Å². The first-order chi connectivity index (χ1) is 8.93.